The number of rotatable bonds is 8. The van der Waals surface area contributed by atoms with E-state index in [4.69, 9.17) is 11.6 Å². The molecule has 0 saturated carbocycles. The summed E-state index contributed by atoms with van der Waals surface area (Å²) < 4.78 is 0.242. The summed E-state index contributed by atoms with van der Waals surface area (Å²) in [5.74, 6) is -2.12. The molecule has 10 nitrogen and oxygen atoms in total. The summed E-state index contributed by atoms with van der Waals surface area (Å²) in [6.07, 6.45) is 3.35. The number of carbonyl (C=O) groups excluding carboxylic acids is 2. The van der Waals surface area contributed by atoms with Crippen molar-refractivity contribution in [3.05, 3.63) is 51.0 Å². The van der Waals surface area contributed by atoms with Crippen LogP contribution in [0.5, 0.6) is 11.5 Å². The summed E-state index contributed by atoms with van der Waals surface area (Å²) in [5, 5.41) is 38.0. The second kappa shape index (κ2) is 12.6. The van der Waals surface area contributed by atoms with Gasteiger partial charge in [-0.15, -0.1) is 0 Å². The van der Waals surface area contributed by atoms with E-state index in [0.29, 0.717) is 5.69 Å². The van der Waals surface area contributed by atoms with Crippen molar-refractivity contribution in [2.24, 2.45) is 4.99 Å². The Morgan fingerprint density at radius 2 is 1.86 bits per heavy atom. The predicted molar refractivity (Wildman–Crippen MR) is 139 cm³/mol. The molecule has 0 spiro atoms. The number of carbonyl (C=O) groups is 3. The van der Waals surface area contributed by atoms with Gasteiger partial charge in [0.1, 0.15) is 17.3 Å². The van der Waals surface area contributed by atoms with Crippen LogP contribution >= 0.6 is 27.5 Å². The monoisotopic (exact) mass is 580 g/mol. The third-order valence-corrected chi connectivity index (χ3v) is 6.22. The van der Waals surface area contributed by atoms with Crippen molar-refractivity contribution in [2.75, 3.05) is 18.4 Å². The van der Waals surface area contributed by atoms with Gasteiger partial charge in [-0.3, -0.25) is 19.4 Å². The number of hydrogen-bond acceptors (Lipinski definition) is 7. The number of halogens is 2. The second-order valence-corrected chi connectivity index (χ2v) is 9.55. The lowest BCUT2D eigenvalue weighted by molar-refractivity contribution is -0.137. The molecule has 0 bridgehead atoms. The molecule has 12 heteroatoms. The Morgan fingerprint density at radius 1 is 1.08 bits per heavy atom. The highest BCUT2D eigenvalue weighted by atomic mass is 79.9. The Labute approximate surface area is 220 Å². The number of nitrogens with zero attached hydrogens (tertiary/aromatic N) is 1. The zero-order valence-corrected chi connectivity index (χ0v) is 21.5. The lowest BCUT2D eigenvalue weighted by Crippen LogP contribution is -2.39. The molecule has 2 aromatic carbocycles. The van der Waals surface area contributed by atoms with Gasteiger partial charge in [-0.2, -0.15) is 0 Å². The number of amidine groups is 1. The van der Waals surface area contributed by atoms with E-state index in [2.05, 4.69) is 36.9 Å². The zero-order valence-electron chi connectivity index (χ0n) is 19.2. The van der Waals surface area contributed by atoms with E-state index in [1.165, 1.54) is 30.3 Å². The lowest BCUT2D eigenvalue weighted by Gasteiger charge is -2.20. The summed E-state index contributed by atoms with van der Waals surface area (Å²) in [6, 6.07) is 5.97. The van der Waals surface area contributed by atoms with Gasteiger partial charge in [0.2, 0.25) is 5.91 Å². The van der Waals surface area contributed by atoms with Crippen LogP contribution in [0.15, 0.2) is 39.8 Å². The normalized spacial score (nSPS) is 14.2. The van der Waals surface area contributed by atoms with Crippen molar-refractivity contribution >= 4 is 56.8 Å². The Kier molecular flexibility index (Phi) is 9.54. The number of amides is 2. The van der Waals surface area contributed by atoms with Crippen molar-refractivity contribution in [1.29, 1.82) is 0 Å². The van der Waals surface area contributed by atoms with Gasteiger partial charge in [0.05, 0.1) is 23.5 Å². The zero-order chi connectivity index (χ0) is 26.2. The van der Waals surface area contributed by atoms with E-state index in [9.17, 15) is 29.7 Å². The van der Waals surface area contributed by atoms with Gasteiger partial charge in [-0.25, -0.2) is 0 Å². The molecule has 0 saturated heterocycles. The maximum absolute atomic E-state index is 12.7. The predicted octanol–water partition coefficient (Wildman–Crippen LogP) is 3.96. The summed E-state index contributed by atoms with van der Waals surface area (Å²) in [5.41, 5.74) is 0.730. The van der Waals surface area contributed by atoms with Crippen molar-refractivity contribution in [2.45, 2.75) is 38.1 Å². The number of hydrogen-bond donors (Lipinski definition) is 6. The fourth-order valence-electron chi connectivity index (χ4n) is 3.73. The summed E-state index contributed by atoms with van der Waals surface area (Å²) in [7, 11) is 0. The molecule has 3 rings (SSSR count). The third-order valence-electron chi connectivity index (χ3n) is 5.40. The number of phenolic OH excluding ortho intramolecular Hbond substituents is 2. The first-order valence-electron chi connectivity index (χ1n) is 11.2. The minimum absolute atomic E-state index is 0.113. The summed E-state index contributed by atoms with van der Waals surface area (Å²) in [4.78, 5) is 41.0. The highest BCUT2D eigenvalue weighted by Gasteiger charge is 2.23. The number of benzene rings is 2. The Balaban J connectivity index is 1.66. The molecule has 1 aliphatic rings. The van der Waals surface area contributed by atoms with Crippen LogP contribution in [-0.2, 0) is 9.59 Å². The first-order chi connectivity index (χ1) is 17.1. The van der Waals surface area contributed by atoms with Gasteiger partial charge in [-0.1, -0.05) is 18.0 Å². The average Bonchev–Trinajstić information content (AvgIpc) is 3.07. The molecule has 0 unspecified atom stereocenters. The third kappa shape index (κ3) is 7.85. The van der Waals surface area contributed by atoms with E-state index in [1.807, 2.05) is 0 Å². The number of carboxylic acid groups (broad SMARTS) is 1. The maximum Gasteiger partial charge on any atom is 0.305 e. The number of aromatic hydroxyl groups is 2. The van der Waals surface area contributed by atoms with Crippen molar-refractivity contribution in [3.8, 4) is 11.5 Å². The van der Waals surface area contributed by atoms with Crippen molar-refractivity contribution in [1.82, 2.24) is 10.6 Å². The van der Waals surface area contributed by atoms with Gasteiger partial charge in [0, 0.05) is 40.9 Å². The van der Waals surface area contributed by atoms with Crippen LogP contribution < -0.4 is 16.0 Å². The van der Waals surface area contributed by atoms with Crippen LogP contribution in [0.25, 0.3) is 0 Å². The molecule has 2 amide bonds. The van der Waals surface area contributed by atoms with Crippen LogP contribution in [0.3, 0.4) is 0 Å². The smallest absolute Gasteiger partial charge is 0.305 e. The Bertz CT molecular complexity index is 1190. The standard InChI is InChI=1S/C24H26BrClN4O6/c25-18-9-14(26)8-17(23(18)35)19(11-22(33)34)30-21(32)12-28-24(36)13-6-15(10-16(31)7-13)29-20-4-2-1-3-5-27-20/h6-10,19,31,35H,1-5,11-12H2,(H,27,29)(H,28,36)(H,30,32)(H,33,34)/t19-/m1/s1. The first kappa shape index (κ1) is 27.3. The Morgan fingerprint density at radius 3 is 2.61 bits per heavy atom. The molecule has 0 aliphatic carbocycles. The number of aliphatic imine (C=N–C) groups is 1. The van der Waals surface area contributed by atoms with Crippen molar-refractivity contribution in [3.63, 3.8) is 0 Å². The largest absolute Gasteiger partial charge is 0.508 e. The number of aliphatic carboxylic acids is 1. The van der Waals surface area contributed by atoms with Gasteiger partial charge < -0.3 is 31.3 Å². The highest BCUT2D eigenvalue weighted by Crippen LogP contribution is 2.36. The molecule has 36 heavy (non-hydrogen) atoms. The molecule has 2 aromatic rings. The minimum Gasteiger partial charge on any atom is -0.508 e. The Hall–Kier alpha value is -3.31. The minimum atomic E-state index is -1.21. The van der Waals surface area contributed by atoms with Crippen LogP contribution in [0, 0.1) is 0 Å². The maximum atomic E-state index is 12.7. The van der Waals surface area contributed by atoms with E-state index in [0.717, 1.165) is 38.1 Å². The topological polar surface area (TPSA) is 160 Å². The van der Waals surface area contributed by atoms with Crippen LogP contribution in [0.1, 0.15) is 54.1 Å². The highest BCUT2D eigenvalue weighted by molar-refractivity contribution is 9.10. The summed E-state index contributed by atoms with van der Waals surface area (Å²) in [6.45, 7) is 0.249. The SMILES string of the molecule is O=C(O)C[C@@H](NC(=O)CNC(=O)c1cc(O)cc(NC2=NCCCCC2)c1)c1cc(Cl)cc(Br)c1O. The van der Waals surface area contributed by atoms with Gasteiger partial charge >= 0.3 is 5.97 Å². The molecule has 1 aliphatic heterocycles. The number of carboxylic acids is 1. The number of phenols is 2. The first-order valence-corrected chi connectivity index (χ1v) is 12.4. The van der Waals surface area contributed by atoms with E-state index in [1.54, 1.807) is 0 Å². The number of nitrogens with one attached hydrogen (secondary N) is 3. The van der Waals surface area contributed by atoms with Gasteiger partial charge in [-0.05, 0) is 53.0 Å². The van der Waals surface area contributed by atoms with Gasteiger partial charge in [0.15, 0.2) is 0 Å². The van der Waals surface area contributed by atoms with Gasteiger partial charge in [0.25, 0.3) is 5.91 Å². The molecule has 0 aromatic heterocycles. The average molecular weight is 582 g/mol. The van der Waals surface area contributed by atoms with E-state index in [-0.39, 0.29) is 32.1 Å². The molecule has 0 radical (unpaired) electrons. The van der Waals surface area contributed by atoms with Crippen LogP contribution in [-0.4, -0.2) is 52.0 Å². The summed E-state index contributed by atoms with van der Waals surface area (Å²) >= 11 is 9.15. The van der Waals surface area contributed by atoms with E-state index < -0.39 is 36.8 Å². The second-order valence-electron chi connectivity index (χ2n) is 8.26. The molecular weight excluding hydrogens is 556 g/mol. The van der Waals surface area contributed by atoms with Crippen LogP contribution in [0.4, 0.5) is 5.69 Å². The molecule has 192 valence electrons. The molecular formula is C24H26BrClN4O6. The molecule has 0 fully saturated rings. The lowest BCUT2D eigenvalue weighted by atomic mass is 10.0. The molecule has 1 heterocycles. The quantitative estimate of drug-likeness (QED) is 0.275. The van der Waals surface area contributed by atoms with E-state index >= 15 is 0 Å². The fraction of sp³-hybridized carbons (Fsp3) is 0.333. The number of anilines is 1. The van der Waals surface area contributed by atoms with Crippen molar-refractivity contribution < 1.29 is 29.7 Å². The molecule has 6 N–H and O–H groups in total. The molecule has 1 atom stereocenters. The fourth-order valence-corrected chi connectivity index (χ4v) is 4.56. The van der Waals surface area contributed by atoms with Crippen LogP contribution in [0.2, 0.25) is 5.02 Å².